The molecular formula is C12H20N6. The largest absolute Gasteiger partial charge is 0.383 e. The van der Waals surface area contributed by atoms with Crippen molar-refractivity contribution in [2.75, 3.05) is 23.7 Å². The van der Waals surface area contributed by atoms with Crippen LogP contribution in [0.5, 0.6) is 0 Å². The molecular weight excluding hydrogens is 228 g/mol. The summed E-state index contributed by atoms with van der Waals surface area (Å²) in [6.07, 6.45) is 2.05. The number of rotatable bonds is 2. The average Bonchev–Trinajstić information content (AvgIpc) is 2.66. The first kappa shape index (κ1) is 12.7. The van der Waals surface area contributed by atoms with Crippen LogP contribution in [0.4, 0.5) is 11.6 Å². The van der Waals surface area contributed by atoms with E-state index in [1.807, 2.05) is 13.8 Å². The van der Waals surface area contributed by atoms with E-state index in [0.717, 1.165) is 25.9 Å². The third-order valence-electron chi connectivity index (χ3n) is 3.29. The second-order valence-electron chi connectivity index (χ2n) is 5.08. The summed E-state index contributed by atoms with van der Waals surface area (Å²) >= 11 is 0. The predicted molar refractivity (Wildman–Crippen MR) is 71.2 cm³/mol. The van der Waals surface area contributed by atoms with Crippen LogP contribution in [0.15, 0.2) is 0 Å². The maximum absolute atomic E-state index is 9.25. The van der Waals surface area contributed by atoms with Crippen LogP contribution in [0.25, 0.3) is 0 Å². The van der Waals surface area contributed by atoms with Crippen molar-refractivity contribution in [3.8, 4) is 6.07 Å². The quantitative estimate of drug-likeness (QED) is 0.808. The minimum Gasteiger partial charge on any atom is -0.383 e. The van der Waals surface area contributed by atoms with Crippen molar-refractivity contribution < 1.29 is 0 Å². The molecule has 1 unspecified atom stereocenters. The summed E-state index contributed by atoms with van der Waals surface area (Å²) in [4.78, 5) is 2.07. The third kappa shape index (κ3) is 2.14. The summed E-state index contributed by atoms with van der Waals surface area (Å²) in [6.45, 7) is 5.62. The van der Waals surface area contributed by atoms with Crippen molar-refractivity contribution in [3.05, 3.63) is 5.56 Å². The number of hydrogen-bond acceptors (Lipinski definition) is 5. The minimum atomic E-state index is 0.143. The summed E-state index contributed by atoms with van der Waals surface area (Å²) < 4.78 is 1.70. The molecule has 0 spiro atoms. The SMILES string of the molecule is CC(C)n1nc(N2CCCC(N)C2)c(C#N)c1N. The van der Waals surface area contributed by atoms with E-state index in [0.29, 0.717) is 17.2 Å². The summed E-state index contributed by atoms with van der Waals surface area (Å²) in [6, 6.07) is 2.45. The maximum Gasteiger partial charge on any atom is 0.170 e. The highest BCUT2D eigenvalue weighted by atomic mass is 15.4. The molecule has 2 heterocycles. The molecule has 0 aromatic carbocycles. The standard InChI is InChI=1S/C12H20N6/c1-8(2)18-11(15)10(6-13)12(16-18)17-5-3-4-9(14)7-17/h8-9H,3-5,7,14-15H2,1-2H3. The Bertz CT molecular complexity index is 470. The van der Waals surface area contributed by atoms with E-state index in [1.165, 1.54) is 0 Å². The van der Waals surface area contributed by atoms with E-state index in [-0.39, 0.29) is 12.1 Å². The molecule has 1 atom stereocenters. The number of nitrogens with zero attached hydrogens (tertiary/aromatic N) is 4. The first-order valence-electron chi connectivity index (χ1n) is 6.33. The third-order valence-corrected chi connectivity index (χ3v) is 3.29. The van der Waals surface area contributed by atoms with Gasteiger partial charge in [0.2, 0.25) is 0 Å². The number of anilines is 2. The molecule has 1 aromatic rings. The molecule has 6 heteroatoms. The second kappa shape index (κ2) is 4.86. The Hall–Kier alpha value is -1.74. The van der Waals surface area contributed by atoms with Crippen LogP contribution < -0.4 is 16.4 Å². The zero-order chi connectivity index (χ0) is 13.3. The van der Waals surface area contributed by atoms with Gasteiger partial charge in [-0.3, -0.25) is 0 Å². The fraction of sp³-hybridized carbons (Fsp3) is 0.667. The van der Waals surface area contributed by atoms with Gasteiger partial charge in [0.25, 0.3) is 0 Å². The van der Waals surface area contributed by atoms with Gasteiger partial charge in [-0.2, -0.15) is 10.4 Å². The van der Waals surface area contributed by atoms with Gasteiger partial charge in [-0.15, -0.1) is 0 Å². The summed E-state index contributed by atoms with van der Waals surface area (Å²) in [5.41, 5.74) is 12.4. The van der Waals surface area contributed by atoms with Gasteiger partial charge in [-0.25, -0.2) is 4.68 Å². The maximum atomic E-state index is 9.25. The molecule has 0 aliphatic carbocycles. The first-order chi connectivity index (χ1) is 8.54. The lowest BCUT2D eigenvalue weighted by Crippen LogP contribution is -2.43. The molecule has 1 fully saturated rings. The summed E-state index contributed by atoms with van der Waals surface area (Å²) in [7, 11) is 0. The topological polar surface area (TPSA) is 96.9 Å². The van der Waals surface area contributed by atoms with Crippen molar-refractivity contribution in [1.82, 2.24) is 9.78 Å². The fourth-order valence-electron chi connectivity index (χ4n) is 2.36. The van der Waals surface area contributed by atoms with Crippen molar-refractivity contribution in [2.45, 2.75) is 38.8 Å². The Morgan fingerprint density at radius 3 is 2.78 bits per heavy atom. The van der Waals surface area contributed by atoms with Gasteiger partial charge in [0.05, 0.1) is 0 Å². The van der Waals surface area contributed by atoms with Gasteiger partial charge < -0.3 is 16.4 Å². The zero-order valence-electron chi connectivity index (χ0n) is 10.9. The van der Waals surface area contributed by atoms with Crippen molar-refractivity contribution >= 4 is 11.6 Å². The predicted octanol–water partition coefficient (Wildman–Crippen LogP) is 0.845. The van der Waals surface area contributed by atoms with E-state index in [4.69, 9.17) is 11.5 Å². The molecule has 2 rings (SSSR count). The highest BCUT2D eigenvalue weighted by molar-refractivity contribution is 5.65. The molecule has 98 valence electrons. The van der Waals surface area contributed by atoms with Gasteiger partial charge in [0, 0.05) is 25.2 Å². The van der Waals surface area contributed by atoms with Gasteiger partial charge in [-0.1, -0.05) is 0 Å². The van der Waals surface area contributed by atoms with Crippen LogP contribution in [-0.2, 0) is 0 Å². The molecule has 1 aliphatic heterocycles. The normalized spacial score (nSPS) is 20.2. The van der Waals surface area contributed by atoms with E-state index < -0.39 is 0 Å². The van der Waals surface area contributed by atoms with Crippen LogP contribution in [0.1, 0.15) is 38.3 Å². The van der Waals surface area contributed by atoms with Gasteiger partial charge in [-0.05, 0) is 26.7 Å². The van der Waals surface area contributed by atoms with Gasteiger partial charge in [0.1, 0.15) is 17.5 Å². The molecule has 1 aliphatic rings. The summed E-state index contributed by atoms with van der Waals surface area (Å²) in [5, 5.41) is 13.7. The molecule has 1 saturated heterocycles. The Kier molecular flexibility index (Phi) is 3.43. The van der Waals surface area contributed by atoms with Crippen molar-refractivity contribution in [3.63, 3.8) is 0 Å². The van der Waals surface area contributed by atoms with Crippen LogP contribution in [0, 0.1) is 11.3 Å². The number of piperidine rings is 1. The monoisotopic (exact) mass is 248 g/mol. The van der Waals surface area contributed by atoms with E-state index in [2.05, 4.69) is 16.1 Å². The minimum absolute atomic E-state index is 0.143. The Balaban J connectivity index is 2.38. The lowest BCUT2D eigenvalue weighted by molar-refractivity contribution is 0.493. The Labute approximate surface area is 107 Å². The van der Waals surface area contributed by atoms with Crippen LogP contribution >= 0.6 is 0 Å². The number of nitrogens with two attached hydrogens (primary N) is 2. The smallest absolute Gasteiger partial charge is 0.170 e. The zero-order valence-corrected chi connectivity index (χ0v) is 10.9. The Morgan fingerprint density at radius 2 is 2.22 bits per heavy atom. The van der Waals surface area contributed by atoms with E-state index >= 15 is 0 Å². The molecule has 0 bridgehead atoms. The molecule has 4 N–H and O–H groups in total. The average molecular weight is 248 g/mol. The molecule has 0 amide bonds. The highest BCUT2D eigenvalue weighted by Gasteiger charge is 2.25. The summed E-state index contributed by atoms with van der Waals surface area (Å²) in [5.74, 6) is 1.13. The van der Waals surface area contributed by atoms with Crippen molar-refractivity contribution in [2.24, 2.45) is 5.73 Å². The van der Waals surface area contributed by atoms with Gasteiger partial charge in [0.15, 0.2) is 5.82 Å². The number of nitrogen functional groups attached to an aromatic ring is 1. The molecule has 18 heavy (non-hydrogen) atoms. The molecule has 0 radical (unpaired) electrons. The van der Waals surface area contributed by atoms with Crippen LogP contribution in [-0.4, -0.2) is 28.9 Å². The first-order valence-corrected chi connectivity index (χ1v) is 6.33. The van der Waals surface area contributed by atoms with Crippen LogP contribution in [0.2, 0.25) is 0 Å². The van der Waals surface area contributed by atoms with Crippen molar-refractivity contribution in [1.29, 1.82) is 5.26 Å². The van der Waals surface area contributed by atoms with E-state index in [9.17, 15) is 5.26 Å². The number of aromatic nitrogens is 2. The van der Waals surface area contributed by atoms with Gasteiger partial charge >= 0.3 is 0 Å². The Morgan fingerprint density at radius 1 is 1.50 bits per heavy atom. The lowest BCUT2D eigenvalue weighted by atomic mass is 10.1. The number of hydrogen-bond donors (Lipinski definition) is 2. The van der Waals surface area contributed by atoms with Crippen LogP contribution in [0.3, 0.4) is 0 Å². The number of nitriles is 1. The molecule has 0 saturated carbocycles. The lowest BCUT2D eigenvalue weighted by Gasteiger charge is -2.30. The fourth-order valence-corrected chi connectivity index (χ4v) is 2.36. The second-order valence-corrected chi connectivity index (χ2v) is 5.08. The highest BCUT2D eigenvalue weighted by Crippen LogP contribution is 2.28. The molecule has 1 aromatic heterocycles. The van der Waals surface area contributed by atoms with E-state index in [1.54, 1.807) is 4.68 Å². The molecule has 6 nitrogen and oxygen atoms in total.